The van der Waals surface area contributed by atoms with Crippen LogP contribution in [0.15, 0.2) is 24.3 Å². The van der Waals surface area contributed by atoms with Crippen molar-refractivity contribution >= 4 is 17.6 Å². The number of hydrogen-bond acceptors (Lipinski definition) is 5. The Balaban J connectivity index is 1.55. The molecule has 2 saturated heterocycles. The highest BCUT2D eigenvalue weighted by Gasteiger charge is 2.62. The Labute approximate surface area is 165 Å². The fraction of sp³-hybridized carbons (Fsp3) is 0.636. The average molecular weight is 384 g/mol. The van der Waals surface area contributed by atoms with Gasteiger partial charge in [-0.25, -0.2) is 0 Å². The first kappa shape index (κ1) is 18.1. The quantitative estimate of drug-likeness (QED) is 0.744. The highest BCUT2D eigenvalue weighted by molar-refractivity contribution is 6.08. The molecular formula is C22H28N2O4. The van der Waals surface area contributed by atoms with E-state index in [4.69, 9.17) is 4.74 Å². The van der Waals surface area contributed by atoms with Crippen LogP contribution in [-0.4, -0.2) is 61.3 Å². The number of esters is 1. The van der Waals surface area contributed by atoms with Gasteiger partial charge in [-0.15, -0.1) is 0 Å². The number of likely N-dealkylation sites (N-methyl/N-ethyl adjacent to an activating group) is 1. The zero-order valence-electron chi connectivity index (χ0n) is 16.5. The number of hydrogen-bond donors (Lipinski definition) is 1. The summed E-state index contributed by atoms with van der Waals surface area (Å²) in [6.45, 7) is 1.81. The van der Waals surface area contributed by atoms with Crippen LogP contribution in [0.3, 0.4) is 0 Å². The Hall–Kier alpha value is -1.92. The van der Waals surface area contributed by atoms with Gasteiger partial charge in [0.15, 0.2) is 0 Å². The molecule has 0 unspecified atom stereocenters. The van der Waals surface area contributed by atoms with Crippen molar-refractivity contribution in [1.29, 1.82) is 0 Å². The first-order valence-electron chi connectivity index (χ1n) is 10.4. The van der Waals surface area contributed by atoms with Crippen molar-refractivity contribution in [3.63, 3.8) is 0 Å². The van der Waals surface area contributed by atoms with Crippen LogP contribution in [-0.2, 0) is 19.7 Å². The maximum absolute atomic E-state index is 13.5. The minimum atomic E-state index is -0.646. The fourth-order valence-corrected chi connectivity index (χ4v) is 6.70. The minimum Gasteiger partial charge on any atom is -0.469 e. The molecule has 1 aliphatic carbocycles. The van der Waals surface area contributed by atoms with E-state index in [9.17, 15) is 14.7 Å². The number of benzene rings is 1. The van der Waals surface area contributed by atoms with E-state index >= 15 is 0 Å². The maximum atomic E-state index is 13.5. The van der Waals surface area contributed by atoms with Crippen LogP contribution in [0.4, 0.5) is 5.69 Å². The summed E-state index contributed by atoms with van der Waals surface area (Å²) >= 11 is 0. The number of carbonyl (C=O) groups is 2. The van der Waals surface area contributed by atoms with Gasteiger partial charge < -0.3 is 14.7 Å². The van der Waals surface area contributed by atoms with Crippen molar-refractivity contribution in [1.82, 2.24) is 4.90 Å². The summed E-state index contributed by atoms with van der Waals surface area (Å²) in [7, 11) is 3.27. The fourth-order valence-electron chi connectivity index (χ4n) is 6.70. The van der Waals surface area contributed by atoms with Crippen LogP contribution < -0.4 is 4.90 Å². The number of amides is 1. The zero-order valence-corrected chi connectivity index (χ0v) is 16.5. The van der Waals surface area contributed by atoms with E-state index in [1.807, 2.05) is 25.2 Å². The van der Waals surface area contributed by atoms with Crippen LogP contribution >= 0.6 is 0 Å². The van der Waals surface area contributed by atoms with Crippen LogP contribution in [0, 0.1) is 17.8 Å². The molecule has 5 rings (SSSR count). The number of piperidine rings is 1. The van der Waals surface area contributed by atoms with E-state index in [0.717, 1.165) is 43.6 Å². The summed E-state index contributed by atoms with van der Waals surface area (Å²) < 4.78 is 5.04. The lowest BCUT2D eigenvalue weighted by atomic mass is 9.62. The van der Waals surface area contributed by atoms with Gasteiger partial charge in [0.1, 0.15) is 0 Å². The first-order chi connectivity index (χ1) is 13.5. The van der Waals surface area contributed by atoms with E-state index in [1.165, 1.54) is 7.11 Å². The molecule has 6 heteroatoms. The second-order valence-corrected chi connectivity index (χ2v) is 8.97. The summed E-state index contributed by atoms with van der Waals surface area (Å²) in [4.78, 5) is 30.3. The molecule has 28 heavy (non-hydrogen) atoms. The predicted molar refractivity (Wildman–Crippen MR) is 104 cm³/mol. The van der Waals surface area contributed by atoms with Crippen LogP contribution in [0.1, 0.15) is 31.2 Å². The third kappa shape index (κ3) is 2.22. The molecule has 0 radical (unpaired) electrons. The smallest absolute Gasteiger partial charge is 0.311 e. The Morgan fingerprint density at radius 3 is 2.86 bits per heavy atom. The summed E-state index contributed by atoms with van der Waals surface area (Å²) in [5.41, 5.74) is 1.60. The number of rotatable bonds is 1. The molecule has 0 aromatic heterocycles. The molecule has 1 aromatic rings. The van der Waals surface area contributed by atoms with Crippen LogP contribution in [0.5, 0.6) is 0 Å². The Bertz CT molecular complexity index is 827. The third-order valence-electron chi connectivity index (χ3n) is 7.99. The minimum absolute atomic E-state index is 0.0679. The SMILES string of the molecule is COC(=O)[C@@H]1[C@H]2C[C@@H]3N(CC[C@@]34C(=O)N(C)c3ccccc34)C[C@@H]2CC[C@@H]1O. The van der Waals surface area contributed by atoms with Crippen LogP contribution in [0.25, 0.3) is 0 Å². The van der Waals surface area contributed by atoms with Crippen molar-refractivity contribution in [2.45, 2.75) is 43.2 Å². The maximum Gasteiger partial charge on any atom is 0.311 e. The van der Waals surface area contributed by atoms with Gasteiger partial charge in [0.05, 0.1) is 24.5 Å². The van der Waals surface area contributed by atoms with Gasteiger partial charge in [-0.3, -0.25) is 14.5 Å². The highest BCUT2D eigenvalue weighted by Crippen LogP contribution is 2.55. The van der Waals surface area contributed by atoms with Gasteiger partial charge in [-0.2, -0.15) is 0 Å². The summed E-state index contributed by atoms with van der Waals surface area (Å²) in [5.74, 6) is -0.168. The Morgan fingerprint density at radius 2 is 2.07 bits per heavy atom. The second-order valence-electron chi connectivity index (χ2n) is 8.97. The van der Waals surface area contributed by atoms with Crippen molar-refractivity contribution < 1.29 is 19.4 Å². The molecule has 4 aliphatic rings. The number of para-hydroxylation sites is 1. The lowest BCUT2D eigenvalue weighted by Crippen LogP contribution is -2.58. The van der Waals surface area contributed by atoms with Crippen molar-refractivity contribution in [3.8, 4) is 0 Å². The summed E-state index contributed by atoms with van der Waals surface area (Å²) in [5, 5.41) is 10.6. The molecule has 150 valence electrons. The van der Waals surface area contributed by atoms with Gasteiger partial charge >= 0.3 is 5.97 Å². The molecule has 3 fully saturated rings. The molecule has 1 N–H and O–H groups in total. The Kier molecular flexibility index (Phi) is 4.07. The molecule has 0 bridgehead atoms. The van der Waals surface area contributed by atoms with Gasteiger partial charge in [0.2, 0.25) is 5.91 Å². The largest absolute Gasteiger partial charge is 0.469 e. The van der Waals surface area contributed by atoms with Gasteiger partial charge in [-0.05, 0) is 55.7 Å². The Morgan fingerprint density at radius 1 is 1.29 bits per heavy atom. The molecule has 6 atom stereocenters. The molecule has 1 saturated carbocycles. The monoisotopic (exact) mass is 384 g/mol. The van der Waals surface area contributed by atoms with Crippen molar-refractivity contribution in [2.75, 3.05) is 32.1 Å². The number of fused-ring (bicyclic) bond motifs is 5. The van der Waals surface area contributed by atoms with E-state index in [2.05, 4.69) is 11.0 Å². The van der Waals surface area contributed by atoms with E-state index < -0.39 is 17.4 Å². The van der Waals surface area contributed by atoms with Crippen molar-refractivity contribution in [3.05, 3.63) is 29.8 Å². The molecule has 6 nitrogen and oxygen atoms in total. The standard InChI is InChI=1S/C22H28N2O4/c1-23-16-6-4-3-5-15(16)22(21(23)27)9-10-24-12-13-7-8-17(25)19(20(26)28-2)14(13)11-18(22)24/h3-6,13-14,17-19,25H,7-12H2,1-2H3/t13-,14-,17-,18-,19+,22-/m0/s1. The lowest BCUT2D eigenvalue weighted by Gasteiger charge is -2.50. The summed E-state index contributed by atoms with van der Waals surface area (Å²) in [6.07, 6.45) is 2.51. The van der Waals surface area contributed by atoms with Gasteiger partial charge in [0, 0.05) is 25.3 Å². The highest BCUT2D eigenvalue weighted by atomic mass is 16.5. The summed E-state index contributed by atoms with van der Waals surface area (Å²) in [6, 6.07) is 8.20. The topological polar surface area (TPSA) is 70.1 Å². The average Bonchev–Trinajstić information content (AvgIpc) is 3.19. The van der Waals surface area contributed by atoms with E-state index in [1.54, 1.807) is 4.90 Å². The predicted octanol–water partition coefficient (Wildman–Crippen LogP) is 1.56. The molecular weight excluding hydrogens is 356 g/mol. The number of nitrogens with zero attached hydrogens (tertiary/aromatic N) is 2. The number of methoxy groups -OCH3 is 1. The number of aliphatic hydroxyl groups excluding tert-OH is 1. The molecule has 1 aromatic carbocycles. The number of ether oxygens (including phenoxy) is 1. The van der Waals surface area contributed by atoms with Crippen LogP contribution in [0.2, 0.25) is 0 Å². The number of carbonyl (C=O) groups excluding carboxylic acids is 2. The van der Waals surface area contributed by atoms with Gasteiger partial charge in [0.25, 0.3) is 0 Å². The second kappa shape index (κ2) is 6.29. The molecule has 1 spiro atoms. The van der Waals surface area contributed by atoms with Gasteiger partial charge in [-0.1, -0.05) is 18.2 Å². The molecule has 3 heterocycles. The molecule has 3 aliphatic heterocycles. The lowest BCUT2D eigenvalue weighted by molar-refractivity contribution is -0.159. The number of anilines is 1. The normalized spacial score (nSPS) is 39.6. The van der Waals surface area contributed by atoms with E-state index in [0.29, 0.717) is 12.3 Å². The zero-order chi connectivity index (χ0) is 19.6. The van der Waals surface area contributed by atoms with E-state index in [-0.39, 0.29) is 23.8 Å². The first-order valence-corrected chi connectivity index (χ1v) is 10.4. The van der Waals surface area contributed by atoms with Crippen molar-refractivity contribution in [2.24, 2.45) is 17.8 Å². The number of aliphatic hydroxyl groups is 1. The third-order valence-corrected chi connectivity index (χ3v) is 7.99. The molecule has 1 amide bonds.